The summed E-state index contributed by atoms with van der Waals surface area (Å²) in [6.45, 7) is 0. The van der Waals surface area contributed by atoms with E-state index in [2.05, 4.69) is 32.9 Å². The number of nitrogens with one attached hydrogen (secondary N) is 1. The molecule has 4 heteroatoms. The van der Waals surface area contributed by atoms with E-state index in [0.29, 0.717) is 11.7 Å². The summed E-state index contributed by atoms with van der Waals surface area (Å²) < 4.78 is 1.06. The molecule has 2 rings (SSSR count). The fourth-order valence-corrected chi connectivity index (χ4v) is 2.30. The molecule has 0 bridgehead atoms. The standard InChI is InChI=1S/C12H15IN2O/c13-6-4-9-5-7-14-11(8-9)12(16)15-10-2-1-3-10/h5,7-8,10H,1-4,6H2,(H,15,16). The second-order valence-electron chi connectivity index (χ2n) is 4.09. The van der Waals surface area contributed by atoms with E-state index in [1.165, 1.54) is 12.0 Å². The maximum Gasteiger partial charge on any atom is 0.270 e. The molecule has 0 spiro atoms. The monoisotopic (exact) mass is 330 g/mol. The lowest BCUT2D eigenvalue weighted by Gasteiger charge is -2.26. The van der Waals surface area contributed by atoms with Gasteiger partial charge in [-0.25, -0.2) is 0 Å². The van der Waals surface area contributed by atoms with Crippen molar-refractivity contribution in [3.05, 3.63) is 29.6 Å². The second kappa shape index (κ2) is 5.61. The van der Waals surface area contributed by atoms with Gasteiger partial charge in [0.15, 0.2) is 0 Å². The highest BCUT2D eigenvalue weighted by molar-refractivity contribution is 14.1. The van der Waals surface area contributed by atoms with Crippen molar-refractivity contribution in [2.24, 2.45) is 0 Å². The second-order valence-corrected chi connectivity index (χ2v) is 5.17. The molecule has 1 N–H and O–H groups in total. The molecule has 16 heavy (non-hydrogen) atoms. The van der Waals surface area contributed by atoms with Crippen molar-refractivity contribution in [1.29, 1.82) is 0 Å². The molecule has 0 aromatic carbocycles. The number of carbonyl (C=O) groups excluding carboxylic acids is 1. The van der Waals surface area contributed by atoms with E-state index < -0.39 is 0 Å². The lowest BCUT2D eigenvalue weighted by molar-refractivity contribution is 0.0912. The number of amides is 1. The first kappa shape index (κ1) is 11.8. The van der Waals surface area contributed by atoms with Crippen LogP contribution in [-0.4, -0.2) is 21.4 Å². The zero-order chi connectivity index (χ0) is 11.4. The van der Waals surface area contributed by atoms with E-state index in [9.17, 15) is 4.79 Å². The summed E-state index contributed by atoms with van der Waals surface area (Å²) in [4.78, 5) is 15.9. The van der Waals surface area contributed by atoms with Gasteiger partial charge in [-0.1, -0.05) is 22.6 Å². The van der Waals surface area contributed by atoms with Gasteiger partial charge in [0.1, 0.15) is 5.69 Å². The Morgan fingerprint density at radius 2 is 2.38 bits per heavy atom. The molecule has 1 saturated carbocycles. The summed E-state index contributed by atoms with van der Waals surface area (Å²) in [5, 5.41) is 3.00. The average molecular weight is 330 g/mol. The summed E-state index contributed by atoms with van der Waals surface area (Å²) in [5.41, 5.74) is 1.73. The topological polar surface area (TPSA) is 42.0 Å². The van der Waals surface area contributed by atoms with Gasteiger partial charge in [-0.15, -0.1) is 0 Å². The highest BCUT2D eigenvalue weighted by atomic mass is 127. The van der Waals surface area contributed by atoms with Crippen LogP contribution in [-0.2, 0) is 6.42 Å². The summed E-state index contributed by atoms with van der Waals surface area (Å²) in [7, 11) is 0. The average Bonchev–Trinajstić information content (AvgIpc) is 2.24. The first-order valence-corrected chi connectivity index (χ1v) is 7.14. The zero-order valence-corrected chi connectivity index (χ0v) is 11.2. The molecular weight excluding hydrogens is 315 g/mol. The lowest BCUT2D eigenvalue weighted by Crippen LogP contribution is -2.39. The molecule has 0 unspecified atom stereocenters. The van der Waals surface area contributed by atoms with Gasteiger partial charge in [0, 0.05) is 16.7 Å². The third kappa shape index (κ3) is 2.93. The van der Waals surface area contributed by atoms with E-state index >= 15 is 0 Å². The van der Waals surface area contributed by atoms with Crippen molar-refractivity contribution in [3.8, 4) is 0 Å². The fraction of sp³-hybridized carbons (Fsp3) is 0.500. The van der Waals surface area contributed by atoms with Crippen LogP contribution in [0.3, 0.4) is 0 Å². The van der Waals surface area contributed by atoms with Crippen LogP contribution in [0.25, 0.3) is 0 Å². The molecule has 1 amide bonds. The van der Waals surface area contributed by atoms with Gasteiger partial charge in [-0.05, 0) is 43.4 Å². The first-order chi connectivity index (χ1) is 7.79. The minimum absolute atomic E-state index is 0.0278. The van der Waals surface area contributed by atoms with Crippen LogP contribution in [0.2, 0.25) is 0 Å². The Balaban J connectivity index is 2.00. The Labute approximate surface area is 109 Å². The van der Waals surface area contributed by atoms with E-state index in [1.807, 2.05) is 12.1 Å². The summed E-state index contributed by atoms with van der Waals surface area (Å²) in [6.07, 6.45) is 6.16. The number of alkyl halides is 1. The van der Waals surface area contributed by atoms with E-state index in [4.69, 9.17) is 0 Å². The Hall–Kier alpha value is -0.650. The molecule has 1 aromatic heterocycles. The van der Waals surface area contributed by atoms with Crippen LogP contribution < -0.4 is 5.32 Å². The van der Waals surface area contributed by atoms with Crippen LogP contribution >= 0.6 is 22.6 Å². The van der Waals surface area contributed by atoms with Gasteiger partial charge in [-0.2, -0.15) is 0 Å². The molecule has 1 heterocycles. The number of carbonyl (C=O) groups is 1. The predicted octanol–water partition coefficient (Wildman–Crippen LogP) is 2.34. The molecule has 0 radical (unpaired) electrons. The van der Waals surface area contributed by atoms with Gasteiger partial charge in [0.2, 0.25) is 0 Å². The van der Waals surface area contributed by atoms with Crippen molar-refractivity contribution in [2.75, 3.05) is 4.43 Å². The van der Waals surface area contributed by atoms with Crippen LogP contribution in [0.4, 0.5) is 0 Å². The molecule has 1 aliphatic carbocycles. The Morgan fingerprint density at radius 1 is 1.56 bits per heavy atom. The van der Waals surface area contributed by atoms with Crippen LogP contribution in [0.15, 0.2) is 18.3 Å². The number of nitrogens with zero attached hydrogens (tertiary/aromatic N) is 1. The van der Waals surface area contributed by atoms with Crippen molar-refractivity contribution in [1.82, 2.24) is 10.3 Å². The largest absolute Gasteiger partial charge is 0.348 e. The number of hydrogen-bond donors (Lipinski definition) is 1. The predicted molar refractivity (Wildman–Crippen MR) is 71.9 cm³/mol. The molecule has 1 fully saturated rings. The Morgan fingerprint density at radius 3 is 3.00 bits per heavy atom. The normalized spacial score (nSPS) is 15.6. The molecule has 0 aliphatic heterocycles. The fourth-order valence-electron chi connectivity index (χ4n) is 1.68. The van der Waals surface area contributed by atoms with Gasteiger partial charge in [0.05, 0.1) is 0 Å². The van der Waals surface area contributed by atoms with Crippen LogP contribution in [0.1, 0.15) is 35.3 Å². The molecule has 0 saturated heterocycles. The number of aryl methyl sites for hydroxylation is 1. The number of pyridine rings is 1. The maximum atomic E-state index is 11.8. The van der Waals surface area contributed by atoms with Gasteiger partial charge < -0.3 is 5.32 Å². The van der Waals surface area contributed by atoms with Gasteiger partial charge >= 0.3 is 0 Å². The van der Waals surface area contributed by atoms with Crippen molar-refractivity contribution in [3.63, 3.8) is 0 Å². The lowest BCUT2D eigenvalue weighted by atomic mass is 9.93. The number of hydrogen-bond acceptors (Lipinski definition) is 2. The van der Waals surface area contributed by atoms with Gasteiger partial charge in [-0.3, -0.25) is 9.78 Å². The van der Waals surface area contributed by atoms with Crippen LogP contribution in [0.5, 0.6) is 0 Å². The van der Waals surface area contributed by atoms with Crippen molar-refractivity contribution in [2.45, 2.75) is 31.7 Å². The highest BCUT2D eigenvalue weighted by Gasteiger charge is 2.20. The minimum atomic E-state index is -0.0278. The zero-order valence-electron chi connectivity index (χ0n) is 9.08. The summed E-state index contributed by atoms with van der Waals surface area (Å²) in [5.74, 6) is -0.0278. The third-order valence-electron chi connectivity index (χ3n) is 2.88. The minimum Gasteiger partial charge on any atom is -0.348 e. The SMILES string of the molecule is O=C(NC1CCC1)c1cc(CCI)ccn1. The Kier molecular flexibility index (Phi) is 4.15. The Bertz CT molecular complexity index is 377. The van der Waals surface area contributed by atoms with E-state index in [-0.39, 0.29) is 5.91 Å². The molecule has 1 aliphatic rings. The van der Waals surface area contributed by atoms with Crippen molar-refractivity contribution < 1.29 is 4.79 Å². The number of halogens is 1. The molecular formula is C12H15IN2O. The molecule has 86 valence electrons. The third-order valence-corrected chi connectivity index (χ3v) is 3.42. The first-order valence-electron chi connectivity index (χ1n) is 5.61. The van der Waals surface area contributed by atoms with E-state index in [0.717, 1.165) is 23.7 Å². The van der Waals surface area contributed by atoms with E-state index in [1.54, 1.807) is 6.20 Å². The molecule has 1 aromatic rings. The number of rotatable bonds is 4. The number of aromatic nitrogens is 1. The van der Waals surface area contributed by atoms with Crippen LogP contribution in [0, 0.1) is 0 Å². The van der Waals surface area contributed by atoms with Gasteiger partial charge in [0.25, 0.3) is 5.91 Å². The molecule has 3 nitrogen and oxygen atoms in total. The summed E-state index contributed by atoms with van der Waals surface area (Å²) in [6, 6.07) is 4.24. The maximum absolute atomic E-state index is 11.8. The van der Waals surface area contributed by atoms with Crippen molar-refractivity contribution >= 4 is 28.5 Å². The summed E-state index contributed by atoms with van der Waals surface area (Å²) >= 11 is 2.33. The molecule has 0 atom stereocenters. The highest BCUT2D eigenvalue weighted by Crippen LogP contribution is 2.18. The quantitative estimate of drug-likeness (QED) is 0.680. The smallest absolute Gasteiger partial charge is 0.270 e.